The summed E-state index contributed by atoms with van der Waals surface area (Å²) in [7, 11) is 0. The maximum atomic E-state index is 4.48. The molecule has 1 heterocycles. The number of benzene rings is 1. The van der Waals surface area contributed by atoms with Crippen molar-refractivity contribution in [3.8, 4) is 0 Å². The van der Waals surface area contributed by atoms with Crippen LogP contribution in [-0.2, 0) is 25.8 Å². The number of aryl methyl sites for hydroxylation is 2. The number of nitrogens with one attached hydrogen (secondary N) is 1. The Hall–Kier alpha value is -1.61. The molecule has 0 amide bonds. The molecule has 0 fully saturated rings. The van der Waals surface area contributed by atoms with E-state index >= 15 is 0 Å². The van der Waals surface area contributed by atoms with Gasteiger partial charge in [-0.3, -0.25) is 0 Å². The average molecular weight is 269 g/mol. The number of fused-ring (bicyclic) bond motifs is 1. The lowest BCUT2D eigenvalue weighted by Gasteiger charge is -2.05. The summed E-state index contributed by atoms with van der Waals surface area (Å²) < 4.78 is 2.19. The number of hydrogen-bond donors (Lipinski definition) is 1. The van der Waals surface area contributed by atoms with Crippen molar-refractivity contribution in [2.75, 3.05) is 13.1 Å². The minimum absolute atomic E-state index is 0.932. The van der Waals surface area contributed by atoms with Gasteiger partial charge in [0.2, 0.25) is 0 Å². The zero-order valence-corrected chi connectivity index (χ0v) is 12.2. The monoisotopic (exact) mass is 269 g/mol. The molecule has 106 valence electrons. The predicted molar refractivity (Wildman–Crippen MR) is 82.0 cm³/mol. The highest BCUT2D eigenvalue weighted by atomic mass is 15.0. The van der Waals surface area contributed by atoms with Crippen molar-refractivity contribution in [1.29, 1.82) is 0 Å². The molecule has 0 radical (unpaired) electrons. The first kappa shape index (κ1) is 13.4. The number of rotatable bonds is 6. The maximum absolute atomic E-state index is 4.48. The molecule has 20 heavy (non-hydrogen) atoms. The molecule has 3 rings (SSSR count). The van der Waals surface area contributed by atoms with Gasteiger partial charge in [0, 0.05) is 25.7 Å². The summed E-state index contributed by atoms with van der Waals surface area (Å²) in [4.78, 5) is 4.48. The summed E-state index contributed by atoms with van der Waals surface area (Å²) in [6.45, 7) is 5.09. The second-order valence-electron chi connectivity index (χ2n) is 5.60. The third-order valence-corrected chi connectivity index (χ3v) is 4.02. The molecule has 2 aromatic rings. The highest BCUT2D eigenvalue weighted by Gasteiger charge is 2.10. The Labute approximate surface area is 121 Å². The van der Waals surface area contributed by atoms with Crippen LogP contribution in [0.1, 0.15) is 35.7 Å². The van der Waals surface area contributed by atoms with Crippen LogP contribution in [0.3, 0.4) is 0 Å². The number of imidazole rings is 1. The number of likely N-dealkylation sites (N-methyl/N-ethyl adjacent to an activating group) is 1. The van der Waals surface area contributed by atoms with Gasteiger partial charge < -0.3 is 9.88 Å². The van der Waals surface area contributed by atoms with Crippen LogP contribution in [-0.4, -0.2) is 22.6 Å². The van der Waals surface area contributed by atoms with E-state index in [9.17, 15) is 0 Å². The molecule has 1 aliphatic rings. The fourth-order valence-electron chi connectivity index (χ4n) is 2.95. The van der Waals surface area contributed by atoms with Crippen LogP contribution in [0, 0.1) is 0 Å². The van der Waals surface area contributed by atoms with Crippen molar-refractivity contribution < 1.29 is 0 Å². The van der Waals surface area contributed by atoms with Gasteiger partial charge in [-0.25, -0.2) is 4.98 Å². The standard InChI is InChI=1S/C17H23N3/c1-2-18-9-8-17-12-20(13-19-17)11-14-6-7-15-4-3-5-16(15)10-14/h6-7,10,12-13,18H,2-5,8-9,11H2,1H3. The van der Waals surface area contributed by atoms with E-state index in [2.05, 4.69) is 46.2 Å². The van der Waals surface area contributed by atoms with Gasteiger partial charge in [-0.05, 0) is 42.5 Å². The lowest BCUT2D eigenvalue weighted by molar-refractivity contribution is 0.708. The summed E-state index contributed by atoms with van der Waals surface area (Å²) in [6, 6.07) is 6.95. The molecule has 1 aromatic carbocycles. The zero-order chi connectivity index (χ0) is 13.8. The summed E-state index contributed by atoms with van der Waals surface area (Å²) in [5, 5.41) is 3.33. The molecule has 3 heteroatoms. The largest absolute Gasteiger partial charge is 0.333 e. The molecule has 1 N–H and O–H groups in total. The van der Waals surface area contributed by atoms with Crippen LogP contribution >= 0.6 is 0 Å². The molecular weight excluding hydrogens is 246 g/mol. The molecule has 0 saturated heterocycles. The maximum Gasteiger partial charge on any atom is 0.0952 e. The molecular formula is C17H23N3. The Morgan fingerprint density at radius 1 is 1.25 bits per heavy atom. The van der Waals surface area contributed by atoms with Gasteiger partial charge >= 0.3 is 0 Å². The number of nitrogens with zero attached hydrogens (tertiary/aromatic N) is 2. The van der Waals surface area contributed by atoms with Crippen molar-refractivity contribution in [2.45, 2.75) is 39.2 Å². The van der Waals surface area contributed by atoms with E-state index in [1.54, 1.807) is 11.1 Å². The normalized spacial score (nSPS) is 13.7. The Morgan fingerprint density at radius 2 is 2.15 bits per heavy atom. The van der Waals surface area contributed by atoms with E-state index < -0.39 is 0 Å². The first-order chi connectivity index (χ1) is 9.85. The molecule has 0 bridgehead atoms. The molecule has 0 aliphatic heterocycles. The Kier molecular flexibility index (Phi) is 4.16. The Morgan fingerprint density at radius 3 is 3.05 bits per heavy atom. The highest BCUT2D eigenvalue weighted by molar-refractivity contribution is 5.35. The lowest BCUT2D eigenvalue weighted by Crippen LogP contribution is -2.16. The Bertz CT molecular complexity index is 571. The molecule has 0 saturated carbocycles. The van der Waals surface area contributed by atoms with E-state index in [0.717, 1.165) is 26.1 Å². The van der Waals surface area contributed by atoms with Crippen LogP contribution in [0.15, 0.2) is 30.7 Å². The molecule has 0 unspecified atom stereocenters. The summed E-state index contributed by atoms with van der Waals surface area (Å²) in [6.07, 6.45) is 8.96. The zero-order valence-electron chi connectivity index (χ0n) is 12.2. The van der Waals surface area contributed by atoms with E-state index in [1.807, 2.05) is 6.33 Å². The number of aromatic nitrogens is 2. The van der Waals surface area contributed by atoms with E-state index in [0.29, 0.717) is 0 Å². The van der Waals surface area contributed by atoms with Crippen LogP contribution in [0.25, 0.3) is 0 Å². The second kappa shape index (κ2) is 6.23. The van der Waals surface area contributed by atoms with Crippen molar-refractivity contribution in [3.05, 3.63) is 53.1 Å². The molecule has 1 aromatic heterocycles. The fraction of sp³-hybridized carbons (Fsp3) is 0.471. The average Bonchev–Trinajstić information content (AvgIpc) is 3.08. The summed E-state index contributed by atoms with van der Waals surface area (Å²) in [5.74, 6) is 0. The molecule has 0 atom stereocenters. The second-order valence-corrected chi connectivity index (χ2v) is 5.60. The SMILES string of the molecule is CCNCCc1cn(Cc2ccc3c(c2)CCC3)cn1. The minimum Gasteiger partial charge on any atom is -0.333 e. The molecule has 3 nitrogen and oxygen atoms in total. The van der Waals surface area contributed by atoms with Gasteiger partial charge in [-0.15, -0.1) is 0 Å². The van der Waals surface area contributed by atoms with Gasteiger partial charge in [0.15, 0.2) is 0 Å². The molecule has 0 spiro atoms. The third kappa shape index (κ3) is 3.10. The topological polar surface area (TPSA) is 29.9 Å². The van der Waals surface area contributed by atoms with Gasteiger partial charge in [0.1, 0.15) is 0 Å². The minimum atomic E-state index is 0.932. The lowest BCUT2D eigenvalue weighted by atomic mass is 10.1. The van der Waals surface area contributed by atoms with Gasteiger partial charge in [0.25, 0.3) is 0 Å². The smallest absolute Gasteiger partial charge is 0.0952 e. The predicted octanol–water partition coefficient (Wildman–Crippen LogP) is 2.57. The van der Waals surface area contributed by atoms with E-state index in [-0.39, 0.29) is 0 Å². The van der Waals surface area contributed by atoms with Crippen molar-refractivity contribution in [2.24, 2.45) is 0 Å². The van der Waals surface area contributed by atoms with Gasteiger partial charge in [-0.1, -0.05) is 25.1 Å². The van der Waals surface area contributed by atoms with Crippen LogP contribution < -0.4 is 5.32 Å². The van der Waals surface area contributed by atoms with Crippen LogP contribution in [0.4, 0.5) is 0 Å². The number of hydrogen-bond acceptors (Lipinski definition) is 2. The first-order valence-corrected chi connectivity index (χ1v) is 7.67. The Balaban J connectivity index is 1.63. The van der Waals surface area contributed by atoms with Crippen molar-refractivity contribution >= 4 is 0 Å². The van der Waals surface area contributed by atoms with Gasteiger partial charge in [0.05, 0.1) is 12.0 Å². The first-order valence-electron chi connectivity index (χ1n) is 7.67. The van der Waals surface area contributed by atoms with Crippen LogP contribution in [0.2, 0.25) is 0 Å². The fourth-order valence-corrected chi connectivity index (χ4v) is 2.95. The highest BCUT2D eigenvalue weighted by Crippen LogP contribution is 2.23. The van der Waals surface area contributed by atoms with Gasteiger partial charge in [-0.2, -0.15) is 0 Å². The van der Waals surface area contributed by atoms with Crippen LogP contribution in [0.5, 0.6) is 0 Å². The van der Waals surface area contributed by atoms with E-state index in [4.69, 9.17) is 0 Å². The van der Waals surface area contributed by atoms with E-state index in [1.165, 1.54) is 30.5 Å². The van der Waals surface area contributed by atoms with Crippen molar-refractivity contribution in [3.63, 3.8) is 0 Å². The summed E-state index contributed by atoms with van der Waals surface area (Å²) >= 11 is 0. The third-order valence-electron chi connectivity index (χ3n) is 4.02. The quantitative estimate of drug-likeness (QED) is 0.817. The summed E-state index contributed by atoms with van der Waals surface area (Å²) in [5.41, 5.74) is 5.66. The molecule has 1 aliphatic carbocycles. The van der Waals surface area contributed by atoms with Crippen molar-refractivity contribution in [1.82, 2.24) is 14.9 Å².